The summed E-state index contributed by atoms with van der Waals surface area (Å²) in [4.78, 5) is 3.88. The molecule has 0 aliphatic heterocycles. The predicted octanol–water partition coefficient (Wildman–Crippen LogP) is 6.07. The van der Waals surface area contributed by atoms with Gasteiger partial charge in [0.15, 0.2) is 0 Å². The van der Waals surface area contributed by atoms with Crippen molar-refractivity contribution in [3.63, 3.8) is 0 Å². The number of alkyl halides is 1. The van der Waals surface area contributed by atoms with Crippen LogP contribution in [-0.2, 0) is 5.88 Å². The van der Waals surface area contributed by atoms with Crippen molar-refractivity contribution in [2.45, 2.75) is 44.9 Å². The summed E-state index contributed by atoms with van der Waals surface area (Å²) in [6, 6.07) is 4.73. The lowest BCUT2D eigenvalue weighted by Crippen LogP contribution is -2.17. The predicted molar refractivity (Wildman–Crippen MR) is 96.1 cm³/mol. The zero-order chi connectivity index (χ0) is 18.2. The molecule has 3 rings (SSSR count). The number of methoxy groups -OCH3 is 1. The van der Waals surface area contributed by atoms with Crippen LogP contribution in [0.15, 0.2) is 24.4 Å². The summed E-state index contributed by atoms with van der Waals surface area (Å²) in [7, 11) is 1.47. The number of aromatic nitrogens is 1. The fourth-order valence-electron chi connectivity index (χ4n) is 3.90. The van der Waals surface area contributed by atoms with Gasteiger partial charge in [-0.15, -0.1) is 11.6 Å². The summed E-state index contributed by atoms with van der Waals surface area (Å²) >= 11 is 5.92. The zero-order valence-electron chi connectivity index (χ0n) is 14.7. The molecule has 1 heterocycles. The Morgan fingerprint density at radius 1 is 1.20 bits per heavy atom. The van der Waals surface area contributed by atoms with Crippen LogP contribution in [0.1, 0.15) is 50.2 Å². The Labute approximate surface area is 152 Å². The first-order chi connectivity index (χ1) is 11.9. The van der Waals surface area contributed by atoms with Crippen LogP contribution in [-0.4, -0.2) is 12.1 Å². The molecule has 1 aliphatic carbocycles. The monoisotopic (exact) mass is 365 g/mol. The third-order valence-corrected chi connectivity index (χ3v) is 5.61. The van der Waals surface area contributed by atoms with E-state index in [9.17, 15) is 8.78 Å². The van der Waals surface area contributed by atoms with E-state index in [1.54, 1.807) is 0 Å². The van der Waals surface area contributed by atoms with Crippen LogP contribution in [0, 0.1) is 17.0 Å². The first-order valence-corrected chi connectivity index (χ1v) is 8.99. The molecule has 0 amide bonds. The average molecular weight is 366 g/mol. The smallest absolute Gasteiger partial charge is 0.213 e. The number of ether oxygens (including phenoxy) is 1. The van der Waals surface area contributed by atoms with Gasteiger partial charge < -0.3 is 4.74 Å². The van der Waals surface area contributed by atoms with Crippen molar-refractivity contribution >= 4 is 11.6 Å². The van der Waals surface area contributed by atoms with E-state index >= 15 is 0 Å². The minimum atomic E-state index is -0.490. The summed E-state index contributed by atoms with van der Waals surface area (Å²) in [5, 5.41) is 0. The standard InChI is InChI=1S/C20H22ClF2NO/c1-20(2)6-4-5-16(20)14-7-12(10-21)17(22)8-13(14)15-9-19(25-3)24-11-18(15)23/h7-9,11,16H,4-6,10H2,1-3H3/t16-/m1/s1. The molecule has 5 heteroatoms. The number of nitrogens with zero attached hydrogens (tertiary/aromatic N) is 1. The lowest BCUT2D eigenvalue weighted by Gasteiger charge is -2.30. The van der Waals surface area contributed by atoms with E-state index in [0.717, 1.165) is 31.0 Å². The molecule has 0 bridgehead atoms. The van der Waals surface area contributed by atoms with Gasteiger partial charge in [0.25, 0.3) is 0 Å². The lowest BCUT2D eigenvalue weighted by atomic mass is 9.75. The van der Waals surface area contributed by atoms with Crippen LogP contribution in [0.2, 0.25) is 0 Å². The van der Waals surface area contributed by atoms with Crippen LogP contribution < -0.4 is 4.74 Å². The van der Waals surface area contributed by atoms with Crippen LogP contribution in [0.25, 0.3) is 11.1 Å². The lowest BCUT2D eigenvalue weighted by molar-refractivity contribution is 0.332. The molecule has 0 saturated heterocycles. The maximum atomic E-state index is 14.5. The van der Waals surface area contributed by atoms with Crippen molar-refractivity contribution in [3.05, 3.63) is 47.2 Å². The van der Waals surface area contributed by atoms with E-state index in [4.69, 9.17) is 16.3 Å². The molecule has 0 spiro atoms. The van der Waals surface area contributed by atoms with E-state index in [1.807, 2.05) is 6.07 Å². The van der Waals surface area contributed by atoms with E-state index in [1.165, 1.54) is 19.2 Å². The first-order valence-electron chi connectivity index (χ1n) is 8.45. The fraction of sp³-hybridized carbons (Fsp3) is 0.450. The van der Waals surface area contributed by atoms with Crippen LogP contribution in [0.4, 0.5) is 8.78 Å². The molecule has 1 aromatic heterocycles. The van der Waals surface area contributed by atoms with Crippen molar-refractivity contribution in [3.8, 4) is 17.0 Å². The maximum absolute atomic E-state index is 14.5. The number of rotatable bonds is 4. The quantitative estimate of drug-likeness (QED) is 0.613. The number of benzene rings is 1. The van der Waals surface area contributed by atoms with E-state index < -0.39 is 11.6 Å². The summed E-state index contributed by atoms with van der Waals surface area (Å²) in [6.45, 7) is 4.42. The van der Waals surface area contributed by atoms with Gasteiger partial charge in [-0.2, -0.15) is 0 Å². The van der Waals surface area contributed by atoms with Crippen molar-refractivity contribution in [2.75, 3.05) is 7.11 Å². The van der Waals surface area contributed by atoms with Crippen LogP contribution >= 0.6 is 11.6 Å². The molecule has 1 saturated carbocycles. The van der Waals surface area contributed by atoms with Gasteiger partial charge in [-0.1, -0.05) is 26.3 Å². The van der Waals surface area contributed by atoms with Crippen molar-refractivity contribution < 1.29 is 13.5 Å². The normalized spacial score (nSPS) is 19.2. The SMILES string of the molecule is COc1cc(-c2cc(F)c(CCl)cc2[C@H]2CCCC2(C)C)c(F)cn1. The van der Waals surface area contributed by atoms with E-state index in [2.05, 4.69) is 18.8 Å². The fourth-order valence-corrected chi connectivity index (χ4v) is 4.11. The third-order valence-electron chi connectivity index (χ3n) is 5.32. The number of pyridine rings is 1. The summed E-state index contributed by atoms with van der Waals surface area (Å²) in [6.07, 6.45) is 4.31. The molecule has 1 aromatic carbocycles. The Bertz CT molecular complexity index is 792. The minimum absolute atomic E-state index is 0.0732. The molecule has 2 nitrogen and oxygen atoms in total. The molecule has 1 fully saturated rings. The summed E-state index contributed by atoms with van der Waals surface area (Å²) in [5.74, 6) is -0.289. The van der Waals surface area contributed by atoms with Crippen molar-refractivity contribution in [1.82, 2.24) is 4.98 Å². The van der Waals surface area contributed by atoms with Gasteiger partial charge in [-0.3, -0.25) is 0 Å². The van der Waals surface area contributed by atoms with Gasteiger partial charge in [0.05, 0.1) is 19.2 Å². The molecule has 2 aromatic rings. The Morgan fingerprint density at radius 2 is 1.96 bits per heavy atom. The average Bonchev–Trinajstić information content (AvgIpc) is 2.94. The summed E-state index contributed by atoms with van der Waals surface area (Å²) < 4.78 is 34.1. The number of halogens is 3. The van der Waals surface area contributed by atoms with Crippen molar-refractivity contribution in [1.29, 1.82) is 0 Å². The van der Waals surface area contributed by atoms with Gasteiger partial charge in [-0.25, -0.2) is 13.8 Å². The molecule has 134 valence electrons. The Hall–Kier alpha value is -1.68. The Morgan fingerprint density at radius 3 is 2.56 bits per heavy atom. The molecule has 0 N–H and O–H groups in total. The largest absolute Gasteiger partial charge is 0.481 e. The summed E-state index contributed by atoms with van der Waals surface area (Å²) in [5.41, 5.74) is 2.34. The first kappa shape index (κ1) is 18.1. The highest BCUT2D eigenvalue weighted by molar-refractivity contribution is 6.17. The second-order valence-corrected chi connectivity index (χ2v) is 7.57. The van der Waals surface area contributed by atoms with Crippen LogP contribution in [0.5, 0.6) is 5.88 Å². The third kappa shape index (κ3) is 3.37. The Balaban J connectivity index is 2.24. The minimum Gasteiger partial charge on any atom is -0.481 e. The molecule has 0 radical (unpaired) electrons. The molecule has 0 unspecified atom stereocenters. The van der Waals surface area contributed by atoms with Gasteiger partial charge in [0.2, 0.25) is 5.88 Å². The highest BCUT2D eigenvalue weighted by Crippen LogP contribution is 2.51. The van der Waals surface area contributed by atoms with Gasteiger partial charge >= 0.3 is 0 Å². The van der Waals surface area contributed by atoms with Crippen LogP contribution in [0.3, 0.4) is 0 Å². The zero-order valence-corrected chi connectivity index (χ0v) is 15.5. The number of hydrogen-bond acceptors (Lipinski definition) is 2. The number of hydrogen-bond donors (Lipinski definition) is 0. The van der Waals surface area contributed by atoms with E-state index in [-0.39, 0.29) is 17.2 Å². The molecule has 25 heavy (non-hydrogen) atoms. The second kappa shape index (κ2) is 6.91. The maximum Gasteiger partial charge on any atom is 0.213 e. The topological polar surface area (TPSA) is 22.1 Å². The van der Waals surface area contributed by atoms with Gasteiger partial charge in [-0.05, 0) is 41.4 Å². The highest BCUT2D eigenvalue weighted by Gasteiger charge is 2.37. The van der Waals surface area contributed by atoms with Crippen molar-refractivity contribution in [2.24, 2.45) is 5.41 Å². The molecular weight excluding hydrogens is 344 g/mol. The Kier molecular flexibility index (Phi) is 5.01. The molecule has 1 aliphatic rings. The molecule has 1 atom stereocenters. The second-order valence-electron chi connectivity index (χ2n) is 7.30. The molecular formula is C20H22ClF2NO. The van der Waals surface area contributed by atoms with Gasteiger partial charge in [0, 0.05) is 17.2 Å². The highest BCUT2D eigenvalue weighted by atomic mass is 35.5. The van der Waals surface area contributed by atoms with E-state index in [0.29, 0.717) is 22.6 Å². The van der Waals surface area contributed by atoms with Gasteiger partial charge in [0.1, 0.15) is 11.6 Å².